The fraction of sp³-hybridized carbons (Fsp3) is 0.400. The molecule has 20 heavy (non-hydrogen) atoms. The molecule has 0 unspecified atom stereocenters. The van der Waals surface area contributed by atoms with Gasteiger partial charge in [-0.1, -0.05) is 18.9 Å². The highest BCUT2D eigenvalue weighted by Crippen LogP contribution is 2.28. The van der Waals surface area contributed by atoms with Crippen LogP contribution in [0.5, 0.6) is 0 Å². The Morgan fingerprint density at radius 3 is 2.85 bits per heavy atom. The summed E-state index contributed by atoms with van der Waals surface area (Å²) in [7, 11) is 0. The molecule has 2 aromatic rings. The third-order valence-corrected chi connectivity index (χ3v) is 3.76. The molecule has 5 heteroatoms. The van der Waals surface area contributed by atoms with E-state index in [1.54, 1.807) is 24.3 Å². The van der Waals surface area contributed by atoms with Crippen LogP contribution in [0.3, 0.4) is 0 Å². The number of aromatic carboxylic acids is 1. The van der Waals surface area contributed by atoms with Gasteiger partial charge in [-0.2, -0.15) is 0 Å². The minimum absolute atomic E-state index is 0.220. The average Bonchev–Trinajstić information content (AvgIpc) is 3.11. The minimum atomic E-state index is -0.961. The standard InChI is InChI=1S/C15H16N2O3/c18-15(19)12-7-3-6-11(9-12)14-17-16-13(20-14)8-10-4-1-2-5-10/h3,6-7,9-10H,1-2,4-5,8H2,(H,18,19). The molecule has 1 aromatic heterocycles. The number of aromatic nitrogens is 2. The summed E-state index contributed by atoms with van der Waals surface area (Å²) in [5, 5.41) is 17.1. The molecule has 0 radical (unpaired) electrons. The molecular weight excluding hydrogens is 256 g/mol. The van der Waals surface area contributed by atoms with Gasteiger partial charge in [-0.3, -0.25) is 0 Å². The van der Waals surface area contributed by atoms with E-state index in [9.17, 15) is 4.79 Å². The van der Waals surface area contributed by atoms with Gasteiger partial charge >= 0.3 is 5.97 Å². The van der Waals surface area contributed by atoms with Crippen LogP contribution in [-0.2, 0) is 6.42 Å². The molecule has 104 valence electrons. The van der Waals surface area contributed by atoms with Gasteiger partial charge in [0.2, 0.25) is 11.8 Å². The van der Waals surface area contributed by atoms with E-state index in [2.05, 4.69) is 10.2 Å². The number of hydrogen-bond donors (Lipinski definition) is 1. The van der Waals surface area contributed by atoms with E-state index in [1.165, 1.54) is 25.7 Å². The van der Waals surface area contributed by atoms with Crippen molar-refractivity contribution < 1.29 is 14.3 Å². The Hall–Kier alpha value is -2.17. The fourth-order valence-electron chi connectivity index (χ4n) is 2.70. The summed E-state index contributed by atoms with van der Waals surface area (Å²) in [5.41, 5.74) is 0.869. The number of rotatable bonds is 4. The molecule has 1 fully saturated rings. The van der Waals surface area contributed by atoms with Crippen molar-refractivity contribution in [3.63, 3.8) is 0 Å². The largest absolute Gasteiger partial charge is 0.478 e. The predicted molar refractivity (Wildman–Crippen MR) is 72.4 cm³/mol. The fourth-order valence-corrected chi connectivity index (χ4v) is 2.70. The van der Waals surface area contributed by atoms with Crippen molar-refractivity contribution in [3.8, 4) is 11.5 Å². The Labute approximate surface area is 116 Å². The van der Waals surface area contributed by atoms with Crippen molar-refractivity contribution in [1.29, 1.82) is 0 Å². The number of carboxylic acids is 1. The van der Waals surface area contributed by atoms with E-state index < -0.39 is 5.97 Å². The molecule has 0 saturated heterocycles. The van der Waals surface area contributed by atoms with E-state index in [0.717, 1.165) is 6.42 Å². The van der Waals surface area contributed by atoms with Gasteiger partial charge in [-0.05, 0) is 37.0 Å². The van der Waals surface area contributed by atoms with Crippen LogP contribution in [0.1, 0.15) is 41.9 Å². The molecule has 1 saturated carbocycles. The molecule has 1 N–H and O–H groups in total. The van der Waals surface area contributed by atoms with Crippen LogP contribution in [0.25, 0.3) is 11.5 Å². The minimum Gasteiger partial charge on any atom is -0.478 e. The van der Waals surface area contributed by atoms with Crippen LogP contribution in [-0.4, -0.2) is 21.3 Å². The molecule has 3 rings (SSSR count). The second-order valence-electron chi connectivity index (χ2n) is 5.24. The lowest BCUT2D eigenvalue weighted by molar-refractivity contribution is 0.0697. The number of benzene rings is 1. The molecule has 5 nitrogen and oxygen atoms in total. The van der Waals surface area contributed by atoms with Crippen LogP contribution in [0.15, 0.2) is 28.7 Å². The quantitative estimate of drug-likeness (QED) is 0.925. The molecule has 0 atom stereocenters. The summed E-state index contributed by atoms with van der Waals surface area (Å²) in [6.07, 6.45) is 5.85. The molecule has 0 bridgehead atoms. The topological polar surface area (TPSA) is 76.2 Å². The lowest BCUT2D eigenvalue weighted by Crippen LogP contribution is -1.98. The van der Waals surface area contributed by atoms with Crippen molar-refractivity contribution in [2.24, 2.45) is 5.92 Å². The lowest BCUT2D eigenvalue weighted by atomic mass is 10.0. The summed E-state index contributed by atoms with van der Waals surface area (Å²) >= 11 is 0. The molecular formula is C15H16N2O3. The Morgan fingerprint density at radius 1 is 1.30 bits per heavy atom. The monoisotopic (exact) mass is 272 g/mol. The van der Waals surface area contributed by atoms with E-state index in [0.29, 0.717) is 23.3 Å². The van der Waals surface area contributed by atoms with Crippen LogP contribution >= 0.6 is 0 Å². The Bertz CT molecular complexity index is 615. The predicted octanol–water partition coefficient (Wildman–Crippen LogP) is 3.17. The molecule has 1 heterocycles. The van der Waals surface area contributed by atoms with Crippen molar-refractivity contribution in [1.82, 2.24) is 10.2 Å². The van der Waals surface area contributed by atoms with Gasteiger partial charge in [0, 0.05) is 12.0 Å². The third kappa shape index (κ3) is 2.71. The Kier molecular flexibility index (Phi) is 3.50. The third-order valence-electron chi connectivity index (χ3n) is 3.76. The van der Waals surface area contributed by atoms with Crippen molar-refractivity contribution >= 4 is 5.97 Å². The number of nitrogens with zero attached hydrogens (tertiary/aromatic N) is 2. The molecule has 1 aromatic carbocycles. The lowest BCUT2D eigenvalue weighted by Gasteiger charge is -2.03. The van der Waals surface area contributed by atoms with Crippen molar-refractivity contribution in [3.05, 3.63) is 35.7 Å². The molecule has 0 spiro atoms. The summed E-state index contributed by atoms with van der Waals surface area (Å²) in [6.45, 7) is 0. The van der Waals surface area contributed by atoms with Crippen molar-refractivity contribution in [2.45, 2.75) is 32.1 Å². The zero-order valence-corrected chi connectivity index (χ0v) is 11.1. The zero-order valence-electron chi connectivity index (χ0n) is 11.1. The summed E-state index contributed by atoms with van der Waals surface area (Å²) in [6, 6.07) is 6.55. The van der Waals surface area contributed by atoms with Gasteiger partial charge in [-0.25, -0.2) is 4.79 Å². The average molecular weight is 272 g/mol. The maximum absolute atomic E-state index is 11.0. The zero-order chi connectivity index (χ0) is 13.9. The van der Waals surface area contributed by atoms with Gasteiger partial charge < -0.3 is 9.52 Å². The first-order chi connectivity index (χ1) is 9.72. The number of hydrogen-bond acceptors (Lipinski definition) is 4. The van der Waals surface area contributed by atoms with Crippen molar-refractivity contribution in [2.75, 3.05) is 0 Å². The maximum Gasteiger partial charge on any atom is 0.335 e. The number of carboxylic acid groups (broad SMARTS) is 1. The first-order valence-corrected chi connectivity index (χ1v) is 6.88. The van der Waals surface area contributed by atoms with Gasteiger partial charge in [0.1, 0.15) is 0 Å². The van der Waals surface area contributed by atoms with Gasteiger partial charge in [0.05, 0.1) is 5.56 Å². The first-order valence-electron chi connectivity index (χ1n) is 6.88. The number of carbonyl (C=O) groups is 1. The van der Waals surface area contributed by atoms with E-state index in [4.69, 9.17) is 9.52 Å². The van der Waals surface area contributed by atoms with E-state index >= 15 is 0 Å². The van der Waals surface area contributed by atoms with E-state index in [-0.39, 0.29) is 5.56 Å². The highest BCUT2D eigenvalue weighted by Gasteiger charge is 2.19. The second-order valence-corrected chi connectivity index (χ2v) is 5.24. The highest BCUT2D eigenvalue weighted by molar-refractivity contribution is 5.88. The van der Waals surface area contributed by atoms with E-state index in [1.807, 2.05) is 0 Å². The smallest absolute Gasteiger partial charge is 0.335 e. The maximum atomic E-state index is 11.0. The van der Waals surface area contributed by atoms with Gasteiger partial charge in [-0.15, -0.1) is 10.2 Å². The summed E-state index contributed by atoms with van der Waals surface area (Å²) in [4.78, 5) is 11.0. The first kappa shape index (κ1) is 12.8. The molecule has 0 aliphatic heterocycles. The Morgan fingerprint density at radius 2 is 2.10 bits per heavy atom. The van der Waals surface area contributed by atoms with Crippen LogP contribution < -0.4 is 0 Å². The van der Waals surface area contributed by atoms with Gasteiger partial charge in [0.15, 0.2) is 0 Å². The van der Waals surface area contributed by atoms with Crippen LogP contribution in [0.4, 0.5) is 0 Å². The summed E-state index contributed by atoms with van der Waals surface area (Å²) < 4.78 is 5.65. The molecule has 1 aliphatic carbocycles. The SMILES string of the molecule is O=C(O)c1cccc(-c2nnc(CC3CCCC3)o2)c1. The summed E-state index contributed by atoms with van der Waals surface area (Å²) in [5.74, 6) is 0.722. The second kappa shape index (κ2) is 5.45. The normalized spacial score (nSPS) is 15.6. The highest BCUT2D eigenvalue weighted by atomic mass is 16.4. The van der Waals surface area contributed by atoms with Crippen LogP contribution in [0.2, 0.25) is 0 Å². The Balaban J connectivity index is 1.78. The van der Waals surface area contributed by atoms with Crippen LogP contribution in [0, 0.1) is 5.92 Å². The molecule has 0 amide bonds. The van der Waals surface area contributed by atoms with Gasteiger partial charge in [0.25, 0.3) is 0 Å². The molecule has 1 aliphatic rings.